The summed E-state index contributed by atoms with van der Waals surface area (Å²) in [6.45, 7) is 4.06. The lowest BCUT2D eigenvalue weighted by atomic mass is 9.73. The number of thiophene rings is 1. The van der Waals surface area contributed by atoms with Crippen LogP contribution in [0.15, 0.2) is 47.2 Å². The quantitative estimate of drug-likeness (QED) is 0.613. The lowest BCUT2D eigenvalue weighted by Crippen LogP contribution is -2.34. The average molecular weight is 340 g/mol. The molecule has 0 saturated carbocycles. The van der Waals surface area contributed by atoms with Gasteiger partial charge in [0.2, 0.25) is 0 Å². The Morgan fingerprint density at radius 3 is 2.83 bits per heavy atom. The van der Waals surface area contributed by atoms with Crippen molar-refractivity contribution in [2.45, 2.75) is 26.2 Å². The number of aryl methyl sites for hydroxylation is 1. The molecule has 0 spiro atoms. The molecule has 0 amide bonds. The molecule has 3 nitrogen and oxygen atoms in total. The molecule has 3 rings (SSSR count). The molecule has 0 radical (unpaired) electrons. The first-order valence-corrected chi connectivity index (χ1v) is 9.04. The second-order valence-electron chi connectivity index (χ2n) is 6.04. The van der Waals surface area contributed by atoms with Gasteiger partial charge in [0.05, 0.1) is 6.61 Å². The minimum atomic E-state index is -0.755. The Bertz CT molecular complexity index is 774. The van der Waals surface area contributed by atoms with E-state index in [1.54, 1.807) is 24.3 Å². The Balaban J connectivity index is 2.02. The highest BCUT2D eigenvalue weighted by Gasteiger charge is 2.39. The predicted octanol–water partition coefficient (Wildman–Crippen LogP) is 4.38. The van der Waals surface area contributed by atoms with Crippen molar-refractivity contribution in [2.75, 3.05) is 6.61 Å². The van der Waals surface area contributed by atoms with E-state index in [1.165, 1.54) is 0 Å². The first-order chi connectivity index (χ1) is 11.6. The van der Waals surface area contributed by atoms with Crippen LogP contribution in [0.1, 0.15) is 36.0 Å². The van der Waals surface area contributed by atoms with Gasteiger partial charge in [-0.1, -0.05) is 29.8 Å². The maximum absolute atomic E-state index is 12.7. The molecule has 1 aromatic heterocycles. The molecule has 0 aliphatic heterocycles. The Morgan fingerprint density at radius 2 is 2.17 bits per heavy atom. The van der Waals surface area contributed by atoms with Crippen LogP contribution in [-0.4, -0.2) is 18.4 Å². The van der Waals surface area contributed by atoms with Gasteiger partial charge < -0.3 is 4.74 Å². The SMILES string of the molecule is CCOC(=O)[C@H]1C(=O)C=C(c2ccsc2)C[C@@H]1c1cccc(C)c1. The Hall–Kier alpha value is -2.20. The molecule has 0 saturated heterocycles. The highest BCUT2D eigenvalue weighted by Crippen LogP contribution is 2.40. The molecular weight excluding hydrogens is 320 g/mol. The highest BCUT2D eigenvalue weighted by molar-refractivity contribution is 7.08. The van der Waals surface area contributed by atoms with Gasteiger partial charge >= 0.3 is 5.97 Å². The van der Waals surface area contributed by atoms with Crippen LogP contribution in [0.2, 0.25) is 0 Å². The molecule has 0 unspecified atom stereocenters. The first kappa shape index (κ1) is 16.7. The van der Waals surface area contributed by atoms with Crippen molar-refractivity contribution in [1.82, 2.24) is 0 Å². The zero-order chi connectivity index (χ0) is 17.1. The van der Waals surface area contributed by atoms with Gasteiger partial charge in [-0.15, -0.1) is 0 Å². The zero-order valence-electron chi connectivity index (χ0n) is 13.8. The van der Waals surface area contributed by atoms with Gasteiger partial charge in [0.1, 0.15) is 5.92 Å². The molecule has 1 aliphatic rings. The van der Waals surface area contributed by atoms with E-state index < -0.39 is 11.9 Å². The van der Waals surface area contributed by atoms with Crippen molar-refractivity contribution >= 4 is 28.7 Å². The van der Waals surface area contributed by atoms with Gasteiger partial charge in [0.15, 0.2) is 5.78 Å². The number of carbonyl (C=O) groups is 2. The van der Waals surface area contributed by atoms with Crippen molar-refractivity contribution < 1.29 is 14.3 Å². The third-order valence-electron chi connectivity index (χ3n) is 4.37. The molecule has 1 aromatic carbocycles. The van der Waals surface area contributed by atoms with Gasteiger partial charge in [0, 0.05) is 5.92 Å². The standard InChI is InChI=1S/C20H20O3S/c1-3-23-20(22)19-17(14-6-4-5-13(2)9-14)10-16(11-18(19)21)15-7-8-24-12-15/h4-9,11-12,17,19H,3,10H2,1-2H3/t17-,19-/m1/s1. The number of carbonyl (C=O) groups excluding carboxylic acids is 2. The number of benzene rings is 1. The van der Waals surface area contributed by atoms with Crippen LogP contribution in [0, 0.1) is 12.8 Å². The third kappa shape index (κ3) is 3.34. The highest BCUT2D eigenvalue weighted by atomic mass is 32.1. The van der Waals surface area contributed by atoms with Crippen LogP contribution in [0.4, 0.5) is 0 Å². The first-order valence-electron chi connectivity index (χ1n) is 8.10. The average Bonchev–Trinajstić information content (AvgIpc) is 3.08. The maximum atomic E-state index is 12.7. The summed E-state index contributed by atoms with van der Waals surface area (Å²) in [7, 11) is 0. The molecule has 124 valence electrons. The van der Waals surface area contributed by atoms with Gasteiger partial charge in [-0.2, -0.15) is 11.3 Å². The summed E-state index contributed by atoms with van der Waals surface area (Å²) >= 11 is 1.61. The van der Waals surface area contributed by atoms with Crippen molar-refractivity contribution in [3.05, 3.63) is 63.9 Å². The van der Waals surface area contributed by atoms with E-state index >= 15 is 0 Å². The summed E-state index contributed by atoms with van der Waals surface area (Å²) in [4.78, 5) is 25.1. The summed E-state index contributed by atoms with van der Waals surface area (Å²) in [5.74, 6) is -1.52. The fourth-order valence-corrected chi connectivity index (χ4v) is 3.93. The van der Waals surface area contributed by atoms with E-state index in [-0.39, 0.29) is 18.3 Å². The zero-order valence-corrected chi connectivity index (χ0v) is 14.6. The van der Waals surface area contributed by atoms with Gasteiger partial charge in [-0.3, -0.25) is 9.59 Å². The minimum Gasteiger partial charge on any atom is -0.465 e. The Kier molecular flexibility index (Phi) is 4.95. The van der Waals surface area contributed by atoms with E-state index in [4.69, 9.17) is 4.74 Å². The van der Waals surface area contributed by atoms with Gasteiger partial charge in [-0.25, -0.2) is 0 Å². The molecule has 0 fully saturated rings. The van der Waals surface area contributed by atoms with E-state index in [2.05, 4.69) is 6.07 Å². The number of esters is 1. The van der Waals surface area contributed by atoms with Crippen LogP contribution in [0.3, 0.4) is 0 Å². The van der Waals surface area contributed by atoms with Crippen LogP contribution in [0.25, 0.3) is 5.57 Å². The van der Waals surface area contributed by atoms with Crippen LogP contribution in [-0.2, 0) is 14.3 Å². The normalized spacial score (nSPS) is 20.6. The van der Waals surface area contributed by atoms with Crippen LogP contribution < -0.4 is 0 Å². The number of hydrogen-bond acceptors (Lipinski definition) is 4. The molecule has 2 atom stereocenters. The summed E-state index contributed by atoms with van der Waals surface area (Å²) in [5.41, 5.74) is 4.19. The molecule has 2 aromatic rings. The Labute approximate surface area is 146 Å². The smallest absolute Gasteiger partial charge is 0.317 e. The monoisotopic (exact) mass is 340 g/mol. The molecule has 1 heterocycles. The molecule has 0 N–H and O–H groups in total. The summed E-state index contributed by atoms with van der Waals surface area (Å²) in [6.07, 6.45) is 2.28. The molecule has 1 aliphatic carbocycles. The fraction of sp³-hybridized carbons (Fsp3) is 0.300. The van der Waals surface area contributed by atoms with Gasteiger partial charge in [-0.05, 0) is 59.9 Å². The number of rotatable bonds is 4. The summed E-state index contributed by atoms with van der Waals surface area (Å²) in [5, 5.41) is 4.04. The van der Waals surface area contributed by atoms with Crippen molar-refractivity contribution in [2.24, 2.45) is 5.92 Å². The Morgan fingerprint density at radius 1 is 1.33 bits per heavy atom. The number of ether oxygens (including phenoxy) is 1. The molecule has 0 bridgehead atoms. The van der Waals surface area contributed by atoms with E-state index in [1.807, 2.05) is 41.9 Å². The van der Waals surface area contributed by atoms with Crippen LogP contribution >= 0.6 is 11.3 Å². The second-order valence-corrected chi connectivity index (χ2v) is 6.82. The summed E-state index contributed by atoms with van der Waals surface area (Å²) in [6, 6.07) is 10.1. The number of allylic oxidation sites excluding steroid dienone is 2. The maximum Gasteiger partial charge on any atom is 0.317 e. The predicted molar refractivity (Wildman–Crippen MR) is 96.0 cm³/mol. The molecule has 4 heteroatoms. The number of ketones is 1. The van der Waals surface area contributed by atoms with Crippen molar-refractivity contribution in [1.29, 1.82) is 0 Å². The minimum absolute atomic E-state index is 0.160. The molecular formula is C20H20O3S. The van der Waals surface area contributed by atoms with Gasteiger partial charge in [0.25, 0.3) is 0 Å². The molecule has 24 heavy (non-hydrogen) atoms. The largest absolute Gasteiger partial charge is 0.465 e. The van der Waals surface area contributed by atoms with E-state index in [9.17, 15) is 9.59 Å². The van der Waals surface area contributed by atoms with Crippen molar-refractivity contribution in [3.63, 3.8) is 0 Å². The van der Waals surface area contributed by atoms with Crippen LogP contribution in [0.5, 0.6) is 0 Å². The van der Waals surface area contributed by atoms with Crippen molar-refractivity contribution in [3.8, 4) is 0 Å². The second kappa shape index (κ2) is 7.14. The topological polar surface area (TPSA) is 43.4 Å². The lowest BCUT2D eigenvalue weighted by molar-refractivity contribution is -0.151. The fourth-order valence-electron chi connectivity index (χ4n) is 3.25. The third-order valence-corrected chi connectivity index (χ3v) is 5.05. The number of hydrogen-bond donors (Lipinski definition) is 0. The summed E-state index contributed by atoms with van der Waals surface area (Å²) < 4.78 is 5.17. The van der Waals surface area contributed by atoms with E-state index in [0.29, 0.717) is 6.42 Å². The van der Waals surface area contributed by atoms with E-state index in [0.717, 1.165) is 22.3 Å². The lowest BCUT2D eigenvalue weighted by Gasteiger charge is -2.29.